The van der Waals surface area contributed by atoms with Crippen molar-refractivity contribution in [3.05, 3.63) is 34.7 Å². The number of amides is 1. The van der Waals surface area contributed by atoms with Gasteiger partial charge in [0.25, 0.3) is 5.91 Å². The van der Waals surface area contributed by atoms with E-state index in [-0.39, 0.29) is 24.3 Å². The lowest BCUT2D eigenvalue weighted by atomic mass is 10.2. The third-order valence-corrected chi connectivity index (χ3v) is 2.64. The predicted molar refractivity (Wildman–Crippen MR) is 67.0 cm³/mol. The largest absolute Gasteiger partial charge is 0.508 e. The first-order chi connectivity index (χ1) is 7.15. The number of aromatic hydroxyl groups is 1. The van der Waals surface area contributed by atoms with E-state index in [1.165, 1.54) is 0 Å². The van der Waals surface area contributed by atoms with Crippen molar-refractivity contribution in [1.82, 2.24) is 0 Å². The van der Waals surface area contributed by atoms with Crippen LogP contribution in [0.3, 0.4) is 0 Å². The van der Waals surface area contributed by atoms with Crippen molar-refractivity contribution in [2.24, 2.45) is 10.7 Å². The summed E-state index contributed by atoms with van der Waals surface area (Å²) in [4.78, 5) is 15.3. The fraction of sp³-hybridized carbons (Fsp3) is 0.0909. The molecular formula is C11H12N2O2S. The molecule has 0 spiro atoms. The SMILES string of the molecule is C.NC1=NC(=O)/C(=C/c2ccc(O)cc2)S1. The van der Waals surface area contributed by atoms with Crippen LogP contribution in [-0.2, 0) is 4.79 Å². The summed E-state index contributed by atoms with van der Waals surface area (Å²) >= 11 is 1.15. The Morgan fingerprint density at radius 2 is 1.94 bits per heavy atom. The van der Waals surface area contributed by atoms with E-state index in [9.17, 15) is 4.79 Å². The van der Waals surface area contributed by atoms with Gasteiger partial charge in [-0.1, -0.05) is 19.6 Å². The molecule has 1 heterocycles. The number of benzene rings is 1. The standard InChI is InChI=1S/C10H8N2O2S.CH4/c11-10-12-9(14)8(15-10)5-6-1-3-7(13)4-2-6;/h1-5,13H,(H2,11,12,14);1H4/b8-5-;. The molecule has 5 heteroatoms. The molecule has 1 aromatic rings. The van der Waals surface area contributed by atoms with E-state index >= 15 is 0 Å². The molecular weight excluding hydrogens is 224 g/mol. The first kappa shape index (κ1) is 12.3. The highest BCUT2D eigenvalue weighted by atomic mass is 32.2. The Kier molecular flexibility index (Phi) is 3.73. The maximum atomic E-state index is 11.2. The summed E-state index contributed by atoms with van der Waals surface area (Å²) in [6.07, 6.45) is 1.69. The Morgan fingerprint density at radius 1 is 1.31 bits per heavy atom. The number of phenols is 1. The molecule has 16 heavy (non-hydrogen) atoms. The molecule has 0 atom stereocenters. The van der Waals surface area contributed by atoms with Gasteiger partial charge in [0.2, 0.25) is 0 Å². The molecule has 1 amide bonds. The van der Waals surface area contributed by atoms with Gasteiger partial charge in [0.15, 0.2) is 5.17 Å². The van der Waals surface area contributed by atoms with Crippen LogP contribution in [0, 0.1) is 0 Å². The Balaban J connectivity index is 0.00000128. The number of rotatable bonds is 1. The van der Waals surface area contributed by atoms with Gasteiger partial charge >= 0.3 is 0 Å². The number of nitrogens with two attached hydrogens (primary N) is 1. The number of hydrogen-bond donors (Lipinski definition) is 2. The molecule has 0 saturated carbocycles. The minimum atomic E-state index is -0.314. The summed E-state index contributed by atoms with van der Waals surface area (Å²) in [7, 11) is 0. The van der Waals surface area contributed by atoms with Crippen LogP contribution in [0.25, 0.3) is 6.08 Å². The summed E-state index contributed by atoms with van der Waals surface area (Å²) in [5.74, 6) is -0.121. The summed E-state index contributed by atoms with van der Waals surface area (Å²) in [5.41, 5.74) is 6.23. The maximum Gasteiger partial charge on any atom is 0.286 e. The molecule has 1 aliphatic heterocycles. The molecule has 84 valence electrons. The van der Waals surface area contributed by atoms with Crippen LogP contribution < -0.4 is 5.73 Å². The molecule has 0 fully saturated rings. The zero-order valence-electron chi connectivity index (χ0n) is 7.68. The number of phenolic OH excluding ortho intramolecular Hbond substituents is 1. The van der Waals surface area contributed by atoms with Gasteiger partial charge in [0.05, 0.1) is 4.91 Å². The Bertz CT molecular complexity index is 463. The van der Waals surface area contributed by atoms with E-state index in [1.807, 2.05) is 0 Å². The minimum Gasteiger partial charge on any atom is -0.508 e. The molecule has 0 radical (unpaired) electrons. The van der Waals surface area contributed by atoms with E-state index in [2.05, 4.69) is 4.99 Å². The number of aliphatic imine (C=N–C) groups is 1. The highest BCUT2D eigenvalue weighted by molar-refractivity contribution is 8.18. The van der Waals surface area contributed by atoms with Crippen LogP contribution in [0.15, 0.2) is 34.2 Å². The van der Waals surface area contributed by atoms with Crippen LogP contribution in [0.5, 0.6) is 5.75 Å². The van der Waals surface area contributed by atoms with E-state index < -0.39 is 0 Å². The zero-order chi connectivity index (χ0) is 10.8. The zero-order valence-corrected chi connectivity index (χ0v) is 8.49. The van der Waals surface area contributed by atoms with E-state index in [0.717, 1.165) is 17.3 Å². The van der Waals surface area contributed by atoms with Crippen LogP contribution in [0.2, 0.25) is 0 Å². The third-order valence-electron chi connectivity index (χ3n) is 1.83. The fourth-order valence-electron chi connectivity index (χ4n) is 1.15. The molecule has 0 aliphatic carbocycles. The van der Waals surface area contributed by atoms with Gasteiger partial charge in [0.1, 0.15) is 5.75 Å². The van der Waals surface area contributed by atoms with Crippen LogP contribution >= 0.6 is 11.8 Å². The normalized spacial score (nSPS) is 17.1. The van der Waals surface area contributed by atoms with Gasteiger partial charge < -0.3 is 10.8 Å². The number of hydrogen-bond acceptors (Lipinski definition) is 4. The van der Waals surface area contributed by atoms with Crippen molar-refractivity contribution in [2.75, 3.05) is 0 Å². The fourth-order valence-corrected chi connectivity index (χ4v) is 1.83. The topological polar surface area (TPSA) is 75.7 Å². The van der Waals surface area contributed by atoms with Crippen LogP contribution in [0.4, 0.5) is 0 Å². The lowest BCUT2D eigenvalue weighted by Crippen LogP contribution is -2.01. The molecule has 0 bridgehead atoms. The quantitative estimate of drug-likeness (QED) is 0.731. The minimum absolute atomic E-state index is 0. The van der Waals surface area contributed by atoms with Crippen molar-refractivity contribution >= 4 is 28.9 Å². The van der Waals surface area contributed by atoms with Crippen molar-refractivity contribution < 1.29 is 9.90 Å². The van der Waals surface area contributed by atoms with Gasteiger partial charge in [-0.05, 0) is 35.5 Å². The van der Waals surface area contributed by atoms with E-state index in [4.69, 9.17) is 10.8 Å². The Labute approximate surface area is 97.9 Å². The second kappa shape index (κ2) is 4.85. The van der Waals surface area contributed by atoms with E-state index in [0.29, 0.717) is 4.91 Å². The Hall–Kier alpha value is -1.75. The van der Waals surface area contributed by atoms with Gasteiger partial charge in [0, 0.05) is 0 Å². The van der Waals surface area contributed by atoms with Gasteiger partial charge in [-0.15, -0.1) is 0 Å². The molecule has 1 aliphatic rings. The lowest BCUT2D eigenvalue weighted by molar-refractivity contribution is -0.113. The number of thioether (sulfide) groups is 1. The molecule has 1 aromatic carbocycles. The Morgan fingerprint density at radius 3 is 2.44 bits per heavy atom. The average molecular weight is 236 g/mol. The molecule has 4 nitrogen and oxygen atoms in total. The van der Waals surface area contributed by atoms with Crippen molar-refractivity contribution in [1.29, 1.82) is 0 Å². The smallest absolute Gasteiger partial charge is 0.286 e. The summed E-state index contributed by atoms with van der Waals surface area (Å²) in [5, 5.41) is 9.34. The van der Waals surface area contributed by atoms with Crippen molar-refractivity contribution in [3.63, 3.8) is 0 Å². The first-order valence-electron chi connectivity index (χ1n) is 4.22. The van der Waals surface area contributed by atoms with Gasteiger partial charge in [-0.25, -0.2) is 0 Å². The number of nitrogens with zero attached hydrogens (tertiary/aromatic N) is 1. The van der Waals surface area contributed by atoms with Gasteiger partial charge in [-0.2, -0.15) is 4.99 Å². The monoisotopic (exact) mass is 236 g/mol. The molecule has 0 saturated heterocycles. The number of carbonyl (C=O) groups excluding carboxylic acids is 1. The van der Waals surface area contributed by atoms with Gasteiger partial charge in [-0.3, -0.25) is 4.79 Å². The number of carbonyl (C=O) groups is 1. The predicted octanol–water partition coefficient (Wildman–Crippen LogP) is 1.96. The third kappa shape index (κ3) is 2.64. The summed E-state index contributed by atoms with van der Waals surface area (Å²) in [6, 6.07) is 6.54. The summed E-state index contributed by atoms with van der Waals surface area (Å²) in [6.45, 7) is 0. The second-order valence-electron chi connectivity index (χ2n) is 2.96. The molecule has 2 rings (SSSR count). The number of amidine groups is 1. The average Bonchev–Trinajstić information content (AvgIpc) is 2.49. The maximum absolute atomic E-state index is 11.2. The summed E-state index contributed by atoms with van der Waals surface area (Å²) < 4.78 is 0. The highest BCUT2D eigenvalue weighted by Crippen LogP contribution is 2.26. The van der Waals surface area contributed by atoms with Crippen molar-refractivity contribution in [3.8, 4) is 5.75 Å². The highest BCUT2D eigenvalue weighted by Gasteiger charge is 2.19. The first-order valence-corrected chi connectivity index (χ1v) is 5.04. The van der Waals surface area contributed by atoms with E-state index in [1.54, 1.807) is 30.3 Å². The van der Waals surface area contributed by atoms with Crippen LogP contribution in [0.1, 0.15) is 13.0 Å². The molecule has 0 unspecified atom stereocenters. The molecule has 0 aromatic heterocycles. The second-order valence-corrected chi connectivity index (χ2v) is 4.02. The molecule has 3 N–H and O–H groups in total. The lowest BCUT2D eigenvalue weighted by Gasteiger charge is -1.95. The van der Waals surface area contributed by atoms with Crippen LogP contribution in [-0.4, -0.2) is 16.2 Å². The van der Waals surface area contributed by atoms with Crippen molar-refractivity contribution in [2.45, 2.75) is 7.43 Å².